The minimum absolute atomic E-state index is 0.120. The van der Waals surface area contributed by atoms with Crippen LogP contribution in [0.15, 0.2) is 5.38 Å². The van der Waals surface area contributed by atoms with Crippen molar-refractivity contribution in [3.63, 3.8) is 0 Å². The maximum Gasteiger partial charge on any atom is 0.328 e. The molecule has 2 N–H and O–H groups in total. The average molecular weight is 244 g/mol. The zero-order valence-corrected chi connectivity index (χ0v) is 9.71. The SMILES string of the molecule is COC(=O)C(C)Nc1nc(CC(=O)O)cs1. The number of carbonyl (C=O) groups is 2. The molecule has 0 amide bonds. The first-order chi connectivity index (χ1) is 7.52. The molecule has 6 nitrogen and oxygen atoms in total. The molecular formula is C9H12N2O4S. The first-order valence-electron chi connectivity index (χ1n) is 4.53. The Morgan fingerprint density at radius 1 is 1.69 bits per heavy atom. The third kappa shape index (κ3) is 3.50. The highest BCUT2D eigenvalue weighted by atomic mass is 32.1. The molecule has 0 fully saturated rings. The summed E-state index contributed by atoms with van der Waals surface area (Å²) in [4.78, 5) is 25.5. The Morgan fingerprint density at radius 3 is 2.94 bits per heavy atom. The van der Waals surface area contributed by atoms with Gasteiger partial charge in [0.15, 0.2) is 5.13 Å². The standard InChI is InChI=1S/C9H12N2O4S/c1-5(8(14)15-2)10-9-11-6(4-16-9)3-7(12)13/h4-5H,3H2,1-2H3,(H,10,11)(H,12,13). The van der Waals surface area contributed by atoms with Crippen LogP contribution in [0.5, 0.6) is 0 Å². The van der Waals surface area contributed by atoms with E-state index in [4.69, 9.17) is 5.11 Å². The number of hydrogen-bond donors (Lipinski definition) is 2. The summed E-state index contributed by atoms with van der Waals surface area (Å²) < 4.78 is 4.54. The Balaban J connectivity index is 2.58. The van der Waals surface area contributed by atoms with Crippen LogP contribution in [0.2, 0.25) is 0 Å². The largest absolute Gasteiger partial charge is 0.481 e. The van der Waals surface area contributed by atoms with Gasteiger partial charge in [0.05, 0.1) is 19.2 Å². The number of anilines is 1. The number of hydrogen-bond acceptors (Lipinski definition) is 6. The van der Waals surface area contributed by atoms with E-state index in [0.717, 1.165) is 0 Å². The van der Waals surface area contributed by atoms with Gasteiger partial charge in [0, 0.05) is 5.38 Å². The first-order valence-corrected chi connectivity index (χ1v) is 5.41. The molecule has 0 radical (unpaired) electrons. The Hall–Kier alpha value is -1.63. The molecule has 1 rings (SSSR count). The second-order valence-corrected chi connectivity index (χ2v) is 3.96. The van der Waals surface area contributed by atoms with E-state index >= 15 is 0 Å². The molecule has 1 unspecified atom stereocenters. The van der Waals surface area contributed by atoms with Gasteiger partial charge in [-0.25, -0.2) is 9.78 Å². The molecule has 0 spiro atoms. The Bertz CT molecular complexity index is 391. The number of aliphatic carboxylic acids is 1. The van der Waals surface area contributed by atoms with Crippen LogP contribution >= 0.6 is 11.3 Å². The maximum atomic E-state index is 11.1. The number of carboxylic acids is 1. The zero-order valence-electron chi connectivity index (χ0n) is 8.89. The molecule has 1 heterocycles. The molecule has 0 bridgehead atoms. The van der Waals surface area contributed by atoms with Crippen molar-refractivity contribution < 1.29 is 19.4 Å². The normalized spacial score (nSPS) is 11.9. The van der Waals surface area contributed by atoms with Crippen LogP contribution in [0.4, 0.5) is 5.13 Å². The lowest BCUT2D eigenvalue weighted by molar-refractivity contribution is -0.141. The van der Waals surface area contributed by atoms with Crippen molar-refractivity contribution in [3.8, 4) is 0 Å². The summed E-state index contributed by atoms with van der Waals surface area (Å²) in [6, 6.07) is -0.506. The number of carboxylic acid groups (broad SMARTS) is 1. The number of carbonyl (C=O) groups excluding carboxylic acids is 1. The summed E-state index contributed by atoms with van der Waals surface area (Å²) in [6.45, 7) is 1.64. The van der Waals surface area contributed by atoms with Gasteiger partial charge in [0.1, 0.15) is 6.04 Å². The number of methoxy groups -OCH3 is 1. The summed E-state index contributed by atoms with van der Waals surface area (Å²) in [7, 11) is 1.30. The highest BCUT2D eigenvalue weighted by Gasteiger charge is 2.14. The van der Waals surface area contributed by atoms with Gasteiger partial charge in [-0.15, -0.1) is 11.3 Å². The molecule has 0 aromatic carbocycles. The van der Waals surface area contributed by atoms with Crippen molar-refractivity contribution in [2.45, 2.75) is 19.4 Å². The van der Waals surface area contributed by atoms with Gasteiger partial charge in [0.2, 0.25) is 0 Å². The van der Waals surface area contributed by atoms with Crippen molar-refractivity contribution in [3.05, 3.63) is 11.1 Å². The molecule has 16 heavy (non-hydrogen) atoms. The summed E-state index contributed by atoms with van der Waals surface area (Å²) in [5.74, 6) is -1.33. The van der Waals surface area contributed by atoms with E-state index in [2.05, 4.69) is 15.0 Å². The fourth-order valence-electron chi connectivity index (χ4n) is 1.03. The monoisotopic (exact) mass is 244 g/mol. The highest BCUT2D eigenvalue weighted by molar-refractivity contribution is 7.13. The lowest BCUT2D eigenvalue weighted by Crippen LogP contribution is -2.27. The fourth-order valence-corrected chi connectivity index (χ4v) is 1.83. The molecule has 1 atom stereocenters. The predicted octanol–water partition coefficient (Wildman–Crippen LogP) is 0.744. The summed E-state index contributed by atoms with van der Waals surface area (Å²) >= 11 is 1.25. The number of nitrogens with one attached hydrogen (secondary N) is 1. The van der Waals surface area contributed by atoms with E-state index in [1.54, 1.807) is 12.3 Å². The molecule has 0 saturated heterocycles. The Labute approximate surface area is 96.3 Å². The summed E-state index contributed by atoms with van der Waals surface area (Å²) in [5, 5.41) is 13.5. The summed E-state index contributed by atoms with van der Waals surface area (Å²) in [5.41, 5.74) is 0.470. The van der Waals surface area contributed by atoms with Crippen LogP contribution in [0, 0.1) is 0 Å². The predicted molar refractivity (Wildman–Crippen MR) is 58.6 cm³/mol. The lowest BCUT2D eigenvalue weighted by atomic mass is 10.3. The van der Waals surface area contributed by atoms with E-state index in [-0.39, 0.29) is 6.42 Å². The molecule has 0 aliphatic rings. The van der Waals surface area contributed by atoms with Crippen molar-refractivity contribution in [1.29, 1.82) is 0 Å². The van der Waals surface area contributed by atoms with Gasteiger partial charge in [-0.2, -0.15) is 0 Å². The Morgan fingerprint density at radius 2 is 2.38 bits per heavy atom. The topological polar surface area (TPSA) is 88.5 Å². The maximum absolute atomic E-state index is 11.1. The molecule has 1 aromatic heterocycles. The second-order valence-electron chi connectivity index (χ2n) is 3.10. The minimum Gasteiger partial charge on any atom is -0.481 e. The molecule has 0 saturated carbocycles. The van der Waals surface area contributed by atoms with Crippen LogP contribution in [-0.4, -0.2) is 35.2 Å². The minimum atomic E-state index is -0.933. The quantitative estimate of drug-likeness (QED) is 0.743. The number of rotatable bonds is 5. The van der Waals surface area contributed by atoms with Crippen molar-refractivity contribution in [2.24, 2.45) is 0 Å². The van der Waals surface area contributed by atoms with Crippen molar-refractivity contribution >= 4 is 28.4 Å². The second kappa shape index (κ2) is 5.45. The lowest BCUT2D eigenvalue weighted by Gasteiger charge is -2.09. The molecule has 0 aliphatic heterocycles. The van der Waals surface area contributed by atoms with Gasteiger partial charge in [-0.05, 0) is 6.92 Å². The van der Waals surface area contributed by atoms with E-state index in [9.17, 15) is 9.59 Å². The van der Waals surface area contributed by atoms with Crippen LogP contribution in [-0.2, 0) is 20.7 Å². The van der Waals surface area contributed by atoms with E-state index in [1.807, 2.05) is 0 Å². The number of nitrogens with zero attached hydrogens (tertiary/aromatic N) is 1. The summed E-state index contributed by atoms with van der Waals surface area (Å²) in [6.07, 6.45) is -0.120. The number of thiazole rings is 1. The third-order valence-electron chi connectivity index (χ3n) is 1.78. The number of ether oxygens (including phenoxy) is 1. The van der Waals surface area contributed by atoms with Gasteiger partial charge in [-0.3, -0.25) is 4.79 Å². The van der Waals surface area contributed by atoms with Gasteiger partial charge in [-0.1, -0.05) is 0 Å². The van der Waals surface area contributed by atoms with Crippen LogP contribution < -0.4 is 5.32 Å². The fraction of sp³-hybridized carbons (Fsp3) is 0.444. The van der Waals surface area contributed by atoms with Crippen molar-refractivity contribution in [2.75, 3.05) is 12.4 Å². The molecule has 1 aromatic rings. The average Bonchev–Trinajstić information content (AvgIpc) is 2.63. The van der Waals surface area contributed by atoms with Crippen LogP contribution in [0.25, 0.3) is 0 Å². The molecule has 88 valence electrons. The van der Waals surface area contributed by atoms with Crippen LogP contribution in [0.3, 0.4) is 0 Å². The van der Waals surface area contributed by atoms with Crippen LogP contribution in [0.1, 0.15) is 12.6 Å². The highest BCUT2D eigenvalue weighted by Crippen LogP contribution is 2.16. The van der Waals surface area contributed by atoms with Gasteiger partial charge >= 0.3 is 11.9 Å². The van der Waals surface area contributed by atoms with E-state index in [0.29, 0.717) is 10.8 Å². The van der Waals surface area contributed by atoms with Gasteiger partial charge < -0.3 is 15.2 Å². The third-order valence-corrected chi connectivity index (χ3v) is 2.60. The molecule has 7 heteroatoms. The molecule has 0 aliphatic carbocycles. The van der Waals surface area contributed by atoms with E-state index < -0.39 is 18.0 Å². The Kier molecular flexibility index (Phi) is 4.24. The smallest absolute Gasteiger partial charge is 0.328 e. The first kappa shape index (κ1) is 12.4. The zero-order chi connectivity index (χ0) is 12.1. The van der Waals surface area contributed by atoms with Gasteiger partial charge in [0.25, 0.3) is 0 Å². The number of esters is 1. The molecular weight excluding hydrogens is 232 g/mol. The van der Waals surface area contributed by atoms with Crippen molar-refractivity contribution in [1.82, 2.24) is 4.98 Å². The van der Waals surface area contributed by atoms with E-state index in [1.165, 1.54) is 18.4 Å². The number of aromatic nitrogens is 1.